The maximum atomic E-state index is 5.53. The lowest BCUT2D eigenvalue weighted by molar-refractivity contribution is 0.182. The van der Waals surface area contributed by atoms with E-state index in [4.69, 9.17) is 17.0 Å². The summed E-state index contributed by atoms with van der Waals surface area (Å²) in [6, 6.07) is 9.33. The quantitative estimate of drug-likeness (QED) is 0.761. The molecule has 0 N–H and O–H groups in total. The van der Waals surface area contributed by atoms with Crippen LogP contribution in [0, 0.1) is 11.7 Å². The van der Waals surface area contributed by atoms with Crippen LogP contribution in [0.15, 0.2) is 30.6 Å². The molecule has 0 bridgehead atoms. The van der Waals surface area contributed by atoms with E-state index in [1.807, 2.05) is 9.25 Å². The van der Waals surface area contributed by atoms with E-state index in [-0.39, 0.29) is 0 Å². The Bertz CT molecular complexity index is 691. The molecule has 5 nitrogen and oxygen atoms in total. The molecule has 1 aromatic carbocycles. The Morgan fingerprint density at radius 1 is 1.30 bits per heavy atom. The summed E-state index contributed by atoms with van der Waals surface area (Å²) in [6.07, 6.45) is 4.22. The summed E-state index contributed by atoms with van der Waals surface area (Å²) in [7, 11) is 1.70. The maximum Gasteiger partial charge on any atom is 0.198 e. The molecule has 124 valence electrons. The van der Waals surface area contributed by atoms with Crippen LogP contribution in [0.5, 0.6) is 0 Å². The van der Waals surface area contributed by atoms with E-state index in [9.17, 15) is 0 Å². The van der Waals surface area contributed by atoms with Crippen molar-refractivity contribution in [2.75, 3.05) is 20.3 Å². The summed E-state index contributed by atoms with van der Waals surface area (Å²) in [6.45, 7) is 5.36. The molecular formula is C17H24N4OS. The lowest BCUT2D eigenvalue weighted by Crippen LogP contribution is -2.27. The molecule has 1 atom stereocenters. The van der Waals surface area contributed by atoms with E-state index < -0.39 is 0 Å². The van der Waals surface area contributed by atoms with Gasteiger partial charge < -0.3 is 9.30 Å². The van der Waals surface area contributed by atoms with Gasteiger partial charge in [-0.3, -0.25) is 4.90 Å². The van der Waals surface area contributed by atoms with E-state index in [0.29, 0.717) is 12.6 Å². The topological polar surface area (TPSA) is 35.2 Å². The smallest absolute Gasteiger partial charge is 0.198 e. The van der Waals surface area contributed by atoms with Gasteiger partial charge in [0.2, 0.25) is 0 Å². The number of aromatic nitrogens is 3. The van der Waals surface area contributed by atoms with Gasteiger partial charge in [-0.05, 0) is 37.5 Å². The van der Waals surface area contributed by atoms with Crippen molar-refractivity contribution in [3.05, 3.63) is 46.5 Å². The van der Waals surface area contributed by atoms with Crippen molar-refractivity contribution >= 4 is 12.2 Å². The van der Waals surface area contributed by atoms with Gasteiger partial charge >= 0.3 is 0 Å². The molecule has 0 aliphatic carbocycles. The Balaban J connectivity index is 1.73. The molecule has 3 rings (SSSR count). The predicted octanol–water partition coefficient (Wildman–Crippen LogP) is 3.16. The average molecular weight is 332 g/mol. The number of rotatable bonds is 6. The zero-order valence-corrected chi connectivity index (χ0v) is 14.6. The molecular weight excluding hydrogens is 308 g/mol. The maximum absolute atomic E-state index is 5.53. The van der Waals surface area contributed by atoms with Crippen molar-refractivity contribution in [1.29, 1.82) is 0 Å². The first kappa shape index (κ1) is 16.4. The van der Waals surface area contributed by atoms with Gasteiger partial charge in [0, 0.05) is 26.2 Å². The second-order valence-corrected chi connectivity index (χ2v) is 6.49. The summed E-state index contributed by atoms with van der Waals surface area (Å²) >= 11 is 5.53. The van der Waals surface area contributed by atoms with Gasteiger partial charge in [0.1, 0.15) is 6.33 Å². The largest absolute Gasteiger partial charge is 0.383 e. The van der Waals surface area contributed by atoms with E-state index in [1.165, 1.54) is 24.0 Å². The summed E-state index contributed by atoms with van der Waals surface area (Å²) < 4.78 is 9.76. The van der Waals surface area contributed by atoms with Crippen LogP contribution < -0.4 is 0 Å². The number of aryl methyl sites for hydroxylation is 1. The fraction of sp³-hybridized carbons (Fsp3) is 0.529. The van der Waals surface area contributed by atoms with E-state index in [1.54, 1.807) is 13.4 Å². The van der Waals surface area contributed by atoms with Gasteiger partial charge in [0.15, 0.2) is 4.77 Å². The lowest BCUT2D eigenvalue weighted by atomic mass is 10.0. The molecule has 1 unspecified atom stereocenters. The van der Waals surface area contributed by atoms with Crippen molar-refractivity contribution in [1.82, 2.24) is 19.2 Å². The Kier molecular flexibility index (Phi) is 5.25. The van der Waals surface area contributed by atoms with Gasteiger partial charge in [-0.25, -0.2) is 4.68 Å². The monoisotopic (exact) mass is 332 g/mol. The second kappa shape index (κ2) is 7.38. The number of hydrogen-bond donors (Lipinski definition) is 0. The van der Waals surface area contributed by atoms with Gasteiger partial charge in [0.25, 0.3) is 0 Å². The number of methoxy groups -OCH3 is 1. The summed E-state index contributed by atoms with van der Waals surface area (Å²) in [4.78, 5) is 2.47. The first-order valence-corrected chi connectivity index (χ1v) is 8.51. The summed E-state index contributed by atoms with van der Waals surface area (Å²) in [5.41, 5.74) is 2.69. The van der Waals surface area contributed by atoms with E-state index >= 15 is 0 Å². The van der Waals surface area contributed by atoms with Crippen LogP contribution in [0.25, 0.3) is 0 Å². The standard InChI is InChI=1S/C17H24N4OS/c1-14-5-7-15(8-6-14)16-4-3-9-20(16)13-21-17(23)19(12-18-21)10-11-22-2/h5-8,12,16H,3-4,9-11,13H2,1-2H3. The average Bonchev–Trinajstić information content (AvgIpc) is 3.15. The number of hydrogen-bond acceptors (Lipinski definition) is 4. The van der Waals surface area contributed by atoms with E-state index in [2.05, 4.69) is 41.2 Å². The molecule has 2 heterocycles. The summed E-state index contributed by atoms with van der Waals surface area (Å²) in [5, 5.41) is 4.45. The molecule has 0 radical (unpaired) electrons. The molecule has 6 heteroatoms. The second-order valence-electron chi connectivity index (χ2n) is 6.12. The molecule has 1 aliphatic rings. The SMILES string of the molecule is COCCn1cnn(CN2CCCC2c2ccc(C)cc2)c1=S. The van der Waals surface area contributed by atoms with Crippen LogP contribution in [0.4, 0.5) is 0 Å². The molecule has 2 aromatic rings. The third-order valence-electron chi connectivity index (χ3n) is 4.47. The molecule has 1 aromatic heterocycles. The Morgan fingerprint density at radius 2 is 2.09 bits per heavy atom. The first-order valence-electron chi connectivity index (χ1n) is 8.11. The normalized spacial score (nSPS) is 18.6. The third-order valence-corrected chi connectivity index (χ3v) is 4.92. The lowest BCUT2D eigenvalue weighted by Gasteiger charge is -2.24. The van der Waals surface area contributed by atoms with Crippen LogP contribution in [0.3, 0.4) is 0 Å². The molecule has 1 saturated heterocycles. The third kappa shape index (κ3) is 3.71. The number of likely N-dealkylation sites (tertiary alicyclic amines) is 1. The van der Waals surface area contributed by atoms with E-state index in [0.717, 1.165) is 24.5 Å². The van der Waals surface area contributed by atoms with Crippen molar-refractivity contribution < 1.29 is 4.74 Å². The van der Waals surface area contributed by atoms with Gasteiger partial charge in [0.05, 0.1) is 13.3 Å². The molecule has 23 heavy (non-hydrogen) atoms. The van der Waals surface area contributed by atoms with Crippen LogP contribution in [0.1, 0.15) is 30.0 Å². The van der Waals surface area contributed by atoms with Crippen LogP contribution in [-0.4, -0.2) is 39.5 Å². The van der Waals surface area contributed by atoms with Crippen LogP contribution >= 0.6 is 12.2 Å². The zero-order chi connectivity index (χ0) is 16.2. The summed E-state index contributed by atoms with van der Waals surface area (Å²) in [5.74, 6) is 0. The van der Waals surface area contributed by atoms with Gasteiger partial charge in [-0.1, -0.05) is 29.8 Å². The Labute approximate surface area is 142 Å². The number of ether oxygens (including phenoxy) is 1. The highest BCUT2D eigenvalue weighted by molar-refractivity contribution is 7.71. The minimum Gasteiger partial charge on any atom is -0.383 e. The minimum absolute atomic E-state index is 0.460. The fourth-order valence-corrected chi connectivity index (χ4v) is 3.39. The van der Waals surface area contributed by atoms with Crippen LogP contribution in [-0.2, 0) is 18.0 Å². The molecule has 0 amide bonds. The zero-order valence-electron chi connectivity index (χ0n) is 13.8. The van der Waals surface area contributed by atoms with Crippen molar-refractivity contribution in [2.24, 2.45) is 0 Å². The van der Waals surface area contributed by atoms with Crippen LogP contribution in [0.2, 0.25) is 0 Å². The van der Waals surface area contributed by atoms with Gasteiger partial charge in [-0.15, -0.1) is 0 Å². The number of nitrogens with zero attached hydrogens (tertiary/aromatic N) is 4. The highest BCUT2D eigenvalue weighted by Gasteiger charge is 2.26. The molecule has 1 aliphatic heterocycles. The number of benzene rings is 1. The Morgan fingerprint density at radius 3 is 2.83 bits per heavy atom. The minimum atomic E-state index is 0.460. The van der Waals surface area contributed by atoms with Crippen molar-refractivity contribution in [2.45, 2.75) is 39.0 Å². The highest BCUT2D eigenvalue weighted by atomic mass is 32.1. The first-order chi connectivity index (χ1) is 11.2. The fourth-order valence-electron chi connectivity index (χ4n) is 3.15. The van der Waals surface area contributed by atoms with Crippen molar-refractivity contribution in [3.63, 3.8) is 0 Å². The van der Waals surface area contributed by atoms with Gasteiger partial charge in [-0.2, -0.15) is 5.10 Å². The molecule has 0 spiro atoms. The predicted molar refractivity (Wildman–Crippen MR) is 92.8 cm³/mol. The highest BCUT2D eigenvalue weighted by Crippen LogP contribution is 2.32. The Hall–Kier alpha value is -1.50. The van der Waals surface area contributed by atoms with Crippen molar-refractivity contribution in [3.8, 4) is 0 Å². The molecule has 0 saturated carbocycles. The molecule has 1 fully saturated rings.